The van der Waals surface area contributed by atoms with Gasteiger partial charge in [0.15, 0.2) is 0 Å². The van der Waals surface area contributed by atoms with Crippen molar-refractivity contribution in [2.75, 3.05) is 17.3 Å². The summed E-state index contributed by atoms with van der Waals surface area (Å²) in [6.45, 7) is 0. The van der Waals surface area contributed by atoms with E-state index in [0.29, 0.717) is 16.5 Å². The second kappa shape index (κ2) is 9.25. The second-order valence-corrected chi connectivity index (χ2v) is 9.89. The largest absolute Gasteiger partial charge is 0.495 e. The van der Waals surface area contributed by atoms with Crippen LogP contribution in [0.25, 0.3) is 6.08 Å². The number of benzene rings is 3. The number of nitrogens with zero attached hydrogens (tertiary/aromatic N) is 3. The van der Waals surface area contributed by atoms with Crippen molar-refractivity contribution in [3.63, 3.8) is 0 Å². The molecule has 3 aromatic carbocycles. The van der Waals surface area contributed by atoms with Crippen molar-refractivity contribution >= 4 is 52.5 Å². The summed E-state index contributed by atoms with van der Waals surface area (Å²) >= 11 is 6.16. The number of non-ortho nitro benzene ring substituents is 1. The number of amides is 3. The summed E-state index contributed by atoms with van der Waals surface area (Å²) in [6.07, 6.45) is 3.61. The molecular formula is C28H21ClN4O6. The predicted octanol–water partition coefficient (Wildman–Crippen LogP) is 4.41. The van der Waals surface area contributed by atoms with E-state index in [1.807, 2.05) is 30.3 Å². The number of fused-ring (bicyclic) bond motifs is 5. The Morgan fingerprint density at radius 2 is 1.74 bits per heavy atom. The first-order chi connectivity index (χ1) is 18.8. The number of anilines is 2. The summed E-state index contributed by atoms with van der Waals surface area (Å²) in [5.74, 6) is -2.97. The van der Waals surface area contributed by atoms with Crippen molar-refractivity contribution in [2.45, 2.75) is 12.1 Å². The van der Waals surface area contributed by atoms with Gasteiger partial charge in [-0.3, -0.25) is 24.5 Å². The summed E-state index contributed by atoms with van der Waals surface area (Å²) in [4.78, 5) is 55.1. The van der Waals surface area contributed by atoms with E-state index in [1.165, 1.54) is 31.4 Å². The summed E-state index contributed by atoms with van der Waals surface area (Å²) in [5, 5.41) is 14.3. The maximum atomic E-state index is 13.9. The Bertz CT molecular complexity index is 1570. The molecule has 3 amide bonds. The molecule has 6 rings (SSSR count). The van der Waals surface area contributed by atoms with Gasteiger partial charge >= 0.3 is 0 Å². The molecule has 3 aromatic rings. The molecule has 2 fully saturated rings. The molecule has 4 atom stereocenters. The number of rotatable bonds is 5. The first kappa shape index (κ1) is 24.6. The van der Waals surface area contributed by atoms with Gasteiger partial charge in [0.25, 0.3) is 5.69 Å². The van der Waals surface area contributed by atoms with Gasteiger partial charge in [0.05, 0.1) is 41.3 Å². The van der Waals surface area contributed by atoms with Crippen molar-refractivity contribution in [1.29, 1.82) is 0 Å². The quantitative estimate of drug-likeness (QED) is 0.287. The van der Waals surface area contributed by atoms with Gasteiger partial charge in [-0.2, -0.15) is 0 Å². The summed E-state index contributed by atoms with van der Waals surface area (Å²) in [5.41, 5.74) is 2.11. The molecule has 3 heterocycles. The van der Waals surface area contributed by atoms with Crippen LogP contribution in [0.5, 0.6) is 5.75 Å². The Hall–Kier alpha value is -4.70. The maximum Gasteiger partial charge on any atom is 0.269 e. The van der Waals surface area contributed by atoms with Crippen LogP contribution in [-0.4, -0.2) is 40.7 Å². The highest BCUT2D eigenvalue weighted by molar-refractivity contribution is 6.31. The number of carbonyl (C=O) groups excluding carboxylic acids is 3. The minimum Gasteiger partial charge on any atom is -0.495 e. The molecular weight excluding hydrogens is 524 g/mol. The van der Waals surface area contributed by atoms with E-state index in [-0.39, 0.29) is 11.4 Å². The average molecular weight is 545 g/mol. The highest BCUT2D eigenvalue weighted by atomic mass is 35.5. The van der Waals surface area contributed by atoms with Gasteiger partial charge in [0, 0.05) is 23.4 Å². The molecule has 0 bridgehead atoms. The zero-order valence-corrected chi connectivity index (χ0v) is 21.2. The number of hydrogen-bond donors (Lipinski definition) is 1. The Balaban J connectivity index is 1.43. The monoisotopic (exact) mass is 544 g/mol. The predicted molar refractivity (Wildman–Crippen MR) is 143 cm³/mol. The molecule has 1 N–H and O–H groups in total. The van der Waals surface area contributed by atoms with Crippen molar-refractivity contribution in [2.24, 2.45) is 11.8 Å². The molecule has 0 saturated carbocycles. The second-order valence-electron chi connectivity index (χ2n) is 9.45. The Labute approximate surface area is 227 Å². The van der Waals surface area contributed by atoms with Crippen LogP contribution >= 0.6 is 11.6 Å². The van der Waals surface area contributed by atoms with E-state index < -0.39 is 46.6 Å². The van der Waals surface area contributed by atoms with Gasteiger partial charge in [-0.15, -0.1) is 0 Å². The fraction of sp³-hybridized carbons (Fsp3) is 0.179. The van der Waals surface area contributed by atoms with Crippen LogP contribution in [0.1, 0.15) is 17.2 Å². The number of ether oxygens (including phenoxy) is 1. The lowest BCUT2D eigenvalue weighted by Crippen LogP contribution is -2.46. The van der Waals surface area contributed by atoms with E-state index in [4.69, 9.17) is 16.3 Å². The van der Waals surface area contributed by atoms with Crippen LogP contribution in [0.3, 0.4) is 0 Å². The SMILES string of the molecule is COc1ccc(Cl)cc1NC(=O)[C@@H]1[C@@H]2C(=O)N(c3ccc([N+](=O)[O-])cc3)C(=O)[C@@H]2[C@H]2c3ccccc3C=CN12. The van der Waals surface area contributed by atoms with Gasteiger partial charge in [0.2, 0.25) is 17.7 Å². The fourth-order valence-electron chi connectivity index (χ4n) is 5.82. The standard InChI is InChI=1S/C28H21ClN4O6/c1-39-21-11-6-16(29)14-20(21)30-26(34)25-23-22(24-19-5-3-2-4-15(19)12-13-31(24)25)27(35)32(28(23)36)17-7-9-18(10-8-17)33(37)38/h2-14,22-25H,1H3,(H,30,34)/t22-,23+,24+,25-/m0/s1. The van der Waals surface area contributed by atoms with Crippen LogP contribution in [0.2, 0.25) is 5.02 Å². The Kier molecular flexibility index (Phi) is 5.84. The molecule has 3 aliphatic heterocycles. The molecule has 0 aromatic heterocycles. The highest BCUT2D eigenvalue weighted by Gasteiger charge is 2.64. The van der Waals surface area contributed by atoms with E-state index in [1.54, 1.807) is 29.3 Å². The molecule has 2 saturated heterocycles. The van der Waals surface area contributed by atoms with Crippen LogP contribution in [0.4, 0.5) is 17.1 Å². The summed E-state index contributed by atoms with van der Waals surface area (Å²) in [7, 11) is 1.46. The van der Waals surface area contributed by atoms with Crippen molar-refractivity contribution in [1.82, 2.24) is 4.90 Å². The van der Waals surface area contributed by atoms with E-state index in [2.05, 4.69) is 5.32 Å². The zero-order chi connectivity index (χ0) is 27.4. The summed E-state index contributed by atoms with van der Waals surface area (Å²) in [6, 6.07) is 16.0. The number of nitro benzene ring substituents is 1. The summed E-state index contributed by atoms with van der Waals surface area (Å²) < 4.78 is 5.36. The maximum absolute atomic E-state index is 13.9. The van der Waals surface area contributed by atoms with Crippen LogP contribution in [-0.2, 0) is 14.4 Å². The molecule has 0 spiro atoms. The lowest BCUT2D eigenvalue weighted by molar-refractivity contribution is -0.384. The number of hydrogen-bond acceptors (Lipinski definition) is 7. The number of methoxy groups -OCH3 is 1. The third-order valence-electron chi connectivity index (χ3n) is 7.47. The van der Waals surface area contributed by atoms with Crippen LogP contribution in [0.15, 0.2) is 72.9 Å². The molecule has 0 unspecified atom stereocenters. The normalized spacial score (nSPS) is 22.8. The molecule has 3 aliphatic rings. The van der Waals surface area contributed by atoms with Crippen LogP contribution < -0.4 is 15.0 Å². The number of carbonyl (C=O) groups is 3. The Morgan fingerprint density at radius 1 is 1.03 bits per heavy atom. The molecule has 0 radical (unpaired) electrons. The molecule has 196 valence electrons. The Morgan fingerprint density at radius 3 is 2.46 bits per heavy atom. The number of imide groups is 1. The first-order valence-electron chi connectivity index (χ1n) is 12.1. The van der Waals surface area contributed by atoms with Crippen molar-refractivity contribution < 1.29 is 24.0 Å². The topological polar surface area (TPSA) is 122 Å². The van der Waals surface area contributed by atoms with Crippen molar-refractivity contribution in [3.8, 4) is 5.75 Å². The minimum absolute atomic E-state index is 0.164. The molecule has 39 heavy (non-hydrogen) atoms. The highest BCUT2D eigenvalue weighted by Crippen LogP contribution is 2.53. The fourth-order valence-corrected chi connectivity index (χ4v) is 5.99. The van der Waals surface area contributed by atoms with Crippen LogP contribution in [0, 0.1) is 22.0 Å². The lowest BCUT2D eigenvalue weighted by Gasteiger charge is -2.35. The van der Waals surface area contributed by atoms with E-state index in [0.717, 1.165) is 16.0 Å². The minimum atomic E-state index is -1.02. The first-order valence-corrected chi connectivity index (χ1v) is 12.5. The van der Waals surface area contributed by atoms with Gasteiger partial charge in [-0.1, -0.05) is 35.9 Å². The van der Waals surface area contributed by atoms with E-state index in [9.17, 15) is 24.5 Å². The average Bonchev–Trinajstić information content (AvgIpc) is 3.41. The van der Waals surface area contributed by atoms with Gasteiger partial charge in [-0.05, 0) is 47.5 Å². The van der Waals surface area contributed by atoms with E-state index >= 15 is 0 Å². The smallest absolute Gasteiger partial charge is 0.269 e. The third kappa shape index (κ3) is 3.83. The van der Waals surface area contributed by atoms with Crippen molar-refractivity contribution in [3.05, 3.63) is 99.2 Å². The van der Waals surface area contributed by atoms with Gasteiger partial charge < -0.3 is 15.0 Å². The lowest BCUT2D eigenvalue weighted by atomic mass is 9.84. The van der Waals surface area contributed by atoms with Gasteiger partial charge in [-0.25, -0.2) is 4.90 Å². The molecule has 10 nitrogen and oxygen atoms in total. The molecule has 0 aliphatic carbocycles. The third-order valence-corrected chi connectivity index (χ3v) is 7.70. The number of nitrogens with one attached hydrogen (secondary N) is 1. The molecule has 11 heteroatoms. The van der Waals surface area contributed by atoms with Gasteiger partial charge in [0.1, 0.15) is 11.8 Å². The number of halogens is 1. The zero-order valence-electron chi connectivity index (χ0n) is 20.5. The number of nitro groups is 1.